The van der Waals surface area contributed by atoms with Crippen molar-refractivity contribution < 1.29 is 58.9 Å². The molecule has 5 heteroatoms. The Bertz CT molecular complexity index is 1150. The van der Waals surface area contributed by atoms with Gasteiger partial charge >= 0.3 is 21.7 Å². The second-order valence-electron chi connectivity index (χ2n) is 7.98. The Morgan fingerprint density at radius 2 is 0.829 bits per heavy atom. The minimum Gasteiger partial charge on any atom is -1.00 e. The monoisotopic (exact) mass is 566 g/mol. The summed E-state index contributed by atoms with van der Waals surface area (Å²) in [6, 6.07) is 51.2. The maximum atomic E-state index is 2.37. The van der Waals surface area contributed by atoms with Crippen LogP contribution in [0.4, 0.5) is 0 Å². The molecule has 0 nitrogen and oxygen atoms in total. The first-order chi connectivity index (χ1) is 15.4. The van der Waals surface area contributed by atoms with E-state index < -0.39 is 8.07 Å². The summed E-state index contributed by atoms with van der Waals surface area (Å²) in [6.07, 6.45) is 0.949. The standard InChI is InChI=1S/C30H25Si.3ClH.Ti/c1-5-14-25(15-6-1)24-26-16-13-23-30(26)31(27-17-7-2-8-18-27,28-19-9-3-10-20-28)29-21-11-4-12-22-29;;;;/h1-23H,24H2;3*1H;/q-1;;;;+4/p-3. The van der Waals surface area contributed by atoms with Gasteiger partial charge in [-0.15, -0.1) is 5.19 Å². The third-order valence-electron chi connectivity index (χ3n) is 6.17. The molecule has 0 bridgehead atoms. The van der Waals surface area contributed by atoms with E-state index in [1.807, 2.05) is 0 Å². The van der Waals surface area contributed by atoms with Crippen molar-refractivity contribution in [3.8, 4) is 0 Å². The van der Waals surface area contributed by atoms with Crippen LogP contribution in [0.3, 0.4) is 0 Å². The van der Waals surface area contributed by atoms with Crippen molar-refractivity contribution in [3.05, 3.63) is 151 Å². The van der Waals surface area contributed by atoms with Crippen LogP contribution in [0, 0.1) is 0 Å². The fourth-order valence-electron chi connectivity index (χ4n) is 4.82. The number of hydrogen-bond donors (Lipinski definition) is 0. The number of halogens is 3. The van der Waals surface area contributed by atoms with Crippen LogP contribution in [0.15, 0.2) is 140 Å². The molecule has 0 atom stereocenters. The van der Waals surface area contributed by atoms with E-state index in [-0.39, 0.29) is 58.9 Å². The quantitative estimate of drug-likeness (QED) is 0.110. The smallest absolute Gasteiger partial charge is 1.00 e. The second kappa shape index (κ2) is 14.6. The van der Waals surface area contributed by atoms with Crippen LogP contribution in [-0.2, 0) is 28.1 Å². The van der Waals surface area contributed by atoms with Gasteiger partial charge in [0.25, 0.3) is 0 Å². The molecule has 174 valence electrons. The minimum atomic E-state index is -2.45. The van der Waals surface area contributed by atoms with Gasteiger partial charge in [0.2, 0.25) is 0 Å². The zero-order valence-corrected chi connectivity index (χ0v) is 23.9. The molecule has 0 unspecified atom stereocenters. The first-order valence-electron chi connectivity index (χ1n) is 10.8. The van der Waals surface area contributed by atoms with E-state index in [2.05, 4.69) is 140 Å². The van der Waals surface area contributed by atoms with Crippen molar-refractivity contribution in [1.82, 2.24) is 0 Å². The first kappa shape index (κ1) is 31.1. The van der Waals surface area contributed by atoms with E-state index in [1.165, 1.54) is 31.9 Å². The molecule has 5 aromatic rings. The average Bonchev–Trinajstić information content (AvgIpc) is 3.31. The minimum absolute atomic E-state index is 0. The van der Waals surface area contributed by atoms with Crippen LogP contribution in [0.1, 0.15) is 11.1 Å². The summed E-state index contributed by atoms with van der Waals surface area (Å²) in [4.78, 5) is 0. The Morgan fingerprint density at radius 3 is 1.23 bits per heavy atom. The van der Waals surface area contributed by atoms with Crippen molar-refractivity contribution in [2.45, 2.75) is 6.42 Å². The van der Waals surface area contributed by atoms with Crippen LogP contribution >= 0.6 is 0 Å². The summed E-state index contributed by atoms with van der Waals surface area (Å²) in [7, 11) is -2.45. The largest absolute Gasteiger partial charge is 4.00 e. The SMILES string of the molecule is [Cl-].[Cl-].[Cl-].[Ti+4].c1ccc(Cc2ccc[c-]2[Si](c2ccccc2)(c2ccccc2)c2ccccc2)cc1. The molecule has 0 N–H and O–H groups in total. The molecular weight excluding hydrogens is 543 g/mol. The number of hydrogen-bond acceptors (Lipinski definition) is 0. The van der Waals surface area contributed by atoms with Gasteiger partial charge in [0.05, 0.1) is 0 Å². The summed E-state index contributed by atoms with van der Waals surface area (Å²) < 4.78 is 0. The van der Waals surface area contributed by atoms with E-state index in [0.29, 0.717) is 0 Å². The van der Waals surface area contributed by atoms with Crippen LogP contribution in [0.25, 0.3) is 0 Å². The summed E-state index contributed by atoms with van der Waals surface area (Å²) in [5.41, 5.74) is 2.78. The Labute approximate surface area is 243 Å². The molecule has 0 aliphatic heterocycles. The van der Waals surface area contributed by atoms with Gasteiger partial charge in [-0.25, -0.2) is 12.1 Å². The maximum absolute atomic E-state index is 2.45. The van der Waals surface area contributed by atoms with Gasteiger partial charge in [-0.2, -0.15) is 11.6 Å². The summed E-state index contributed by atoms with van der Waals surface area (Å²) in [5.74, 6) is 0. The van der Waals surface area contributed by atoms with E-state index in [1.54, 1.807) is 0 Å². The Kier molecular flexibility index (Phi) is 12.9. The zero-order valence-electron chi connectivity index (χ0n) is 19.1. The molecule has 5 aromatic carbocycles. The van der Waals surface area contributed by atoms with Gasteiger partial charge in [0.15, 0.2) is 0 Å². The predicted molar refractivity (Wildman–Crippen MR) is 135 cm³/mol. The van der Waals surface area contributed by atoms with Gasteiger partial charge in [-0.05, 0) is 12.0 Å². The molecule has 0 aliphatic carbocycles. The van der Waals surface area contributed by atoms with Crippen LogP contribution < -0.4 is 58.0 Å². The third-order valence-corrected chi connectivity index (χ3v) is 11.1. The molecule has 0 spiro atoms. The maximum Gasteiger partial charge on any atom is 4.00 e. The zero-order chi connectivity index (χ0) is 20.9. The summed E-state index contributed by atoms with van der Waals surface area (Å²) >= 11 is 0. The van der Waals surface area contributed by atoms with Crippen molar-refractivity contribution in [1.29, 1.82) is 0 Å². The van der Waals surface area contributed by atoms with E-state index >= 15 is 0 Å². The normalized spacial score (nSPS) is 10.1. The Balaban J connectivity index is 0.00000153. The van der Waals surface area contributed by atoms with Crippen LogP contribution in [-0.4, -0.2) is 8.07 Å². The van der Waals surface area contributed by atoms with E-state index in [4.69, 9.17) is 0 Å². The molecule has 0 fully saturated rings. The molecule has 0 radical (unpaired) electrons. The molecule has 0 saturated heterocycles. The Morgan fingerprint density at radius 1 is 0.457 bits per heavy atom. The molecule has 0 aromatic heterocycles. The van der Waals surface area contributed by atoms with E-state index in [0.717, 1.165) is 6.42 Å². The van der Waals surface area contributed by atoms with E-state index in [9.17, 15) is 0 Å². The molecule has 0 heterocycles. The van der Waals surface area contributed by atoms with Gasteiger partial charge in [-0.3, -0.25) is 0 Å². The number of rotatable bonds is 6. The fraction of sp³-hybridized carbons (Fsp3) is 0.0333. The molecule has 0 amide bonds. The van der Waals surface area contributed by atoms with Gasteiger partial charge < -0.3 is 37.2 Å². The molecular formula is C30H25Cl3SiTi. The van der Waals surface area contributed by atoms with Crippen LogP contribution in [0.2, 0.25) is 0 Å². The van der Waals surface area contributed by atoms with Crippen molar-refractivity contribution >= 4 is 28.8 Å². The summed E-state index contributed by atoms with van der Waals surface area (Å²) in [5, 5.41) is 5.76. The van der Waals surface area contributed by atoms with Gasteiger partial charge in [0, 0.05) is 0 Å². The average molecular weight is 568 g/mol. The molecule has 0 aliphatic rings. The molecule has 5 rings (SSSR count). The van der Waals surface area contributed by atoms with Crippen molar-refractivity contribution in [3.63, 3.8) is 0 Å². The Hall–Kier alpha value is -1.97. The second-order valence-corrected chi connectivity index (χ2v) is 11.7. The topological polar surface area (TPSA) is 0 Å². The first-order valence-corrected chi connectivity index (χ1v) is 12.8. The van der Waals surface area contributed by atoms with Gasteiger partial charge in [-0.1, -0.05) is 137 Å². The predicted octanol–water partition coefficient (Wildman–Crippen LogP) is -4.62. The number of benzene rings is 4. The van der Waals surface area contributed by atoms with Crippen molar-refractivity contribution in [2.24, 2.45) is 0 Å². The van der Waals surface area contributed by atoms with Crippen LogP contribution in [0.5, 0.6) is 0 Å². The fourth-order valence-corrected chi connectivity index (χ4v) is 9.83. The van der Waals surface area contributed by atoms with Crippen molar-refractivity contribution in [2.75, 3.05) is 0 Å². The molecule has 0 saturated carbocycles. The molecule has 35 heavy (non-hydrogen) atoms. The summed E-state index contributed by atoms with van der Waals surface area (Å²) in [6.45, 7) is 0. The third kappa shape index (κ3) is 6.24. The van der Waals surface area contributed by atoms with Gasteiger partial charge in [0.1, 0.15) is 8.07 Å².